The van der Waals surface area contributed by atoms with Gasteiger partial charge in [-0.15, -0.1) is 11.3 Å². The first-order valence-electron chi connectivity index (χ1n) is 7.86. The highest BCUT2D eigenvalue weighted by atomic mass is 32.1. The first kappa shape index (κ1) is 15.5. The quantitative estimate of drug-likeness (QED) is 0.601. The molecule has 4 rings (SSSR count). The minimum absolute atomic E-state index is 0.178. The van der Waals surface area contributed by atoms with Crippen molar-refractivity contribution in [2.24, 2.45) is 0 Å². The van der Waals surface area contributed by atoms with E-state index in [1.807, 2.05) is 47.0 Å². The molecule has 0 radical (unpaired) electrons. The topological polar surface area (TPSA) is 72.7 Å². The van der Waals surface area contributed by atoms with Crippen LogP contribution in [0.3, 0.4) is 0 Å². The molecular weight excluding hydrogens is 334 g/mol. The van der Waals surface area contributed by atoms with E-state index in [1.165, 1.54) is 11.3 Å². The van der Waals surface area contributed by atoms with Gasteiger partial charge in [-0.05, 0) is 24.3 Å². The number of carbonyl (C=O) groups is 1. The summed E-state index contributed by atoms with van der Waals surface area (Å²) in [5, 5.41) is 5.40. The Labute approximate surface area is 148 Å². The Morgan fingerprint density at radius 1 is 1.12 bits per heavy atom. The molecule has 6 nitrogen and oxygen atoms in total. The van der Waals surface area contributed by atoms with Crippen LogP contribution in [0.4, 0.5) is 0 Å². The molecule has 7 heteroatoms. The van der Waals surface area contributed by atoms with Crippen molar-refractivity contribution < 1.29 is 4.79 Å². The Bertz CT molecular complexity index is 1010. The fourth-order valence-corrected chi connectivity index (χ4v) is 3.33. The number of pyridine rings is 1. The summed E-state index contributed by atoms with van der Waals surface area (Å²) in [6, 6.07) is 13.6. The van der Waals surface area contributed by atoms with Gasteiger partial charge in [-0.25, -0.2) is 9.97 Å². The van der Waals surface area contributed by atoms with Crippen LogP contribution in [-0.4, -0.2) is 32.0 Å². The second-order valence-electron chi connectivity index (χ2n) is 5.44. The molecule has 3 aromatic heterocycles. The number of thiazole rings is 1. The van der Waals surface area contributed by atoms with Crippen molar-refractivity contribution >= 4 is 28.3 Å². The molecule has 124 valence electrons. The summed E-state index contributed by atoms with van der Waals surface area (Å²) in [5.74, 6) is -0.178. The van der Waals surface area contributed by atoms with Crippen molar-refractivity contribution in [2.45, 2.75) is 6.54 Å². The largest absolute Gasteiger partial charge is 0.349 e. The summed E-state index contributed by atoms with van der Waals surface area (Å²) in [4.78, 5) is 25.2. The van der Waals surface area contributed by atoms with Gasteiger partial charge in [0.15, 0.2) is 0 Å². The van der Waals surface area contributed by atoms with E-state index in [2.05, 4.69) is 20.3 Å². The van der Waals surface area contributed by atoms with Crippen LogP contribution in [0.15, 0.2) is 60.4 Å². The minimum atomic E-state index is -0.178. The molecular formula is C18H15N5OS. The van der Waals surface area contributed by atoms with Crippen molar-refractivity contribution in [3.05, 3.63) is 66.1 Å². The number of amides is 1. The highest BCUT2D eigenvalue weighted by Gasteiger charge is 2.12. The Balaban J connectivity index is 1.39. The van der Waals surface area contributed by atoms with Crippen LogP contribution in [0.5, 0.6) is 0 Å². The highest BCUT2D eigenvalue weighted by Crippen LogP contribution is 2.21. The number of aromatic nitrogens is 4. The zero-order valence-electron chi connectivity index (χ0n) is 13.3. The first-order valence-corrected chi connectivity index (χ1v) is 8.74. The third-order valence-corrected chi connectivity index (χ3v) is 4.65. The van der Waals surface area contributed by atoms with Crippen LogP contribution in [-0.2, 0) is 6.54 Å². The molecule has 25 heavy (non-hydrogen) atoms. The minimum Gasteiger partial charge on any atom is -0.349 e. The van der Waals surface area contributed by atoms with Crippen molar-refractivity contribution in [3.8, 4) is 10.7 Å². The number of nitrogens with zero attached hydrogens (tertiary/aromatic N) is 4. The van der Waals surface area contributed by atoms with E-state index in [0.717, 1.165) is 21.7 Å². The molecule has 1 N–H and O–H groups in total. The van der Waals surface area contributed by atoms with Gasteiger partial charge in [0.05, 0.1) is 23.1 Å². The standard InChI is InChI=1S/C18H15N5OS/c24-17(15-11-25-18(22-15)14-6-3-4-8-19-14)20-9-10-23-12-21-13-5-1-2-7-16(13)23/h1-8,11-12H,9-10H2,(H,20,24). The lowest BCUT2D eigenvalue weighted by atomic mass is 10.3. The molecule has 4 aromatic rings. The Kier molecular flexibility index (Phi) is 4.22. The smallest absolute Gasteiger partial charge is 0.270 e. The molecule has 0 aliphatic rings. The van der Waals surface area contributed by atoms with E-state index in [9.17, 15) is 4.79 Å². The Hall–Kier alpha value is -3.06. The van der Waals surface area contributed by atoms with Gasteiger partial charge in [-0.1, -0.05) is 18.2 Å². The zero-order chi connectivity index (χ0) is 17.1. The van der Waals surface area contributed by atoms with Crippen LogP contribution in [0, 0.1) is 0 Å². The average Bonchev–Trinajstić information content (AvgIpc) is 3.30. The number of rotatable bonds is 5. The second-order valence-corrected chi connectivity index (χ2v) is 6.29. The molecule has 1 amide bonds. The van der Waals surface area contributed by atoms with Gasteiger partial charge in [0.1, 0.15) is 10.7 Å². The van der Waals surface area contributed by atoms with Gasteiger partial charge in [-0.2, -0.15) is 0 Å². The van der Waals surface area contributed by atoms with Gasteiger partial charge in [-0.3, -0.25) is 9.78 Å². The number of benzene rings is 1. The van der Waals surface area contributed by atoms with Crippen molar-refractivity contribution in [3.63, 3.8) is 0 Å². The summed E-state index contributed by atoms with van der Waals surface area (Å²) < 4.78 is 2.02. The molecule has 0 aliphatic carbocycles. The molecule has 0 atom stereocenters. The number of hydrogen-bond donors (Lipinski definition) is 1. The van der Waals surface area contributed by atoms with E-state index < -0.39 is 0 Å². The SMILES string of the molecule is O=C(NCCn1cnc2ccccc21)c1csc(-c2ccccn2)n1. The van der Waals surface area contributed by atoms with Gasteiger partial charge in [0.25, 0.3) is 5.91 Å². The maximum atomic E-state index is 12.3. The molecule has 0 aliphatic heterocycles. The Morgan fingerprint density at radius 3 is 2.88 bits per heavy atom. The van der Waals surface area contributed by atoms with Gasteiger partial charge in [0.2, 0.25) is 0 Å². The van der Waals surface area contributed by atoms with E-state index in [0.29, 0.717) is 18.8 Å². The number of carbonyl (C=O) groups excluding carboxylic acids is 1. The predicted octanol–water partition coefficient (Wildman–Crippen LogP) is 2.98. The van der Waals surface area contributed by atoms with Crippen molar-refractivity contribution in [2.75, 3.05) is 6.54 Å². The molecule has 1 aromatic carbocycles. The zero-order valence-corrected chi connectivity index (χ0v) is 14.1. The fourth-order valence-electron chi connectivity index (χ4n) is 2.55. The van der Waals surface area contributed by atoms with Gasteiger partial charge < -0.3 is 9.88 Å². The van der Waals surface area contributed by atoms with Crippen LogP contribution in [0.2, 0.25) is 0 Å². The second kappa shape index (κ2) is 6.82. The predicted molar refractivity (Wildman–Crippen MR) is 97.4 cm³/mol. The third kappa shape index (κ3) is 3.27. The lowest BCUT2D eigenvalue weighted by Crippen LogP contribution is -2.27. The Morgan fingerprint density at radius 2 is 2.00 bits per heavy atom. The van der Waals surface area contributed by atoms with Crippen molar-refractivity contribution in [1.82, 2.24) is 24.8 Å². The third-order valence-electron chi connectivity index (χ3n) is 3.79. The average molecular weight is 349 g/mol. The normalized spacial score (nSPS) is 10.9. The molecule has 0 unspecified atom stereocenters. The van der Waals surface area contributed by atoms with Crippen LogP contribution in [0.25, 0.3) is 21.7 Å². The van der Waals surface area contributed by atoms with E-state index in [1.54, 1.807) is 17.9 Å². The number of para-hydroxylation sites is 2. The number of hydrogen-bond acceptors (Lipinski definition) is 5. The summed E-state index contributed by atoms with van der Waals surface area (Å²) in [6.45, 7) is 1.17. The van der Waals surface area contributed by atoms with E-state index in [-0.39, 0.29) is 5.91 Å². The van der Waals surface area contributed by atoms with Gasteiger partial charge >= 0.3 is 0 Å². The molecule has 0 saturated heterocycles. The van der Waals surface area contributed by atoms with Gasteiger partial charge in [0, 0.05) is 24.7 Å². The lowest BCUT2D eigenvalue weighted by Gasteiger charge is -2.05. The fraction of sp³-hybridized carbons (Fsp3) is 0.111. The van der Waals surface area contributed by atoms with Crippen LogP contribution in [0.1, 0.15) is 10.5 Å². The molecule has 0 spiro atoms. The highest BCUT2D eigenvalue weighted by molar-refractivity contribution is 7.13. The summed E-state index contributed by atoms with van der Waals surface area (Å²) >= 11 is 1.41. The summed E-state index contributed by atoms with van der Waals surface area (Å²) in [7, 11) is 0. The maximum Gasteiger partial charge on any atom is 0.270 e. The number of nitrogens with one attached hydrogen (secondary N) is 1. The van der Waals surface area contributed by atoms with Crippen molar-refractivity contribution in [1.29, 1.82) is 0 Å². The summed E-state index contributed by atoms with van der Waals surface area (Å²) in [6.07, 6.45) is 3.50. The lowest BCUT2D eigenvalue weighted by molar-refractivity contribution is 0.0948. The summed E-state index contributed by atoms with van der Waals surface area (Å²) in [5.41, 5.74) is 3.20. The molecule has 0 bridgehead atoms. The first-order chi connectivity index (χ1) is 12.3. The van der Waals surface area contributed by atoms with Crippen LogP contribution >= 0.6 is 11.3 Å². The van der Waals surface area contributed by atoms with Crippen LogP contribution < -0.4 is 5.32 Å². The molecule has 0 saturated carbocycles. The number of imidazole rings is 1. The molecule has 0 fully saturated rings. The maximum absolute atomic E-state index is 12.3. The van der Waals surface area contributed by atoms with E-state index in [4.69, 9.17) is 0 Å². The number of fused-ring (bicyclic) bond motifs is 1. The van der Waals surface area contributed by atoms with E-state index >= 15 is 0 Å². The molecule has 3 heterocycles. The monoisotopic (exact) mass is 349 g/mol.